The van der Waals surface area contributed by atoms with E-state index in [9.17, 15) is 0 Å². The number of aromatic nitrogens is 3. The molecule has 0 aliphatic rings. The molecule has 2 heterocycles. The summed E-state index contributed by atoms with van der Waals surface area (Å²) in [5, 5.41) is 0. The third-order valence-corrected chi connectivity index (χ3v) is 3.73. The average Bonchev–Trinajstić information content (AvgIpc) is 3.11. The molecule has 0 saturated carbocycles. The molecule has 0 bridgehead atoms. The first-order valence-electron chi connectivity index (χ1n) is 7.23. The van der Waals surface area contributed by atoms with Crippen molar-refractivity contribution in [2.24, 2.45) is 0 Å². The number of hydrogen-bond acceptors (Lipinski definition) is 2. The third kappa shape index (κ3) is 2.75. The van der Waals surface area contributed by atoms with E-state index in [2.05, 4.69) is 38.4 Å². The Morgan fingerprint density at radius 2 is 1.91 bits per heavy atom. The maximum atomic E-state index is 6.99. The van der Waals surface area contributed by atoms with Crippen molar-refractivity contribution < 1.29 is 0 Å². The first-order chi connectivity index (χ1) is 10.8. The molecule has 0 spiro atoms. The third-order valence-electron chi connectivity index (χ3n) is 3.73. The van der Waals surface area contributed by atoms with Gasteiger partial charge in [-0.05, 0) is 23.6 Å². The van der Waals surface area contributed by atoms with Crippen molar-refractivity contribution >= 4 is 5.69 Å². The zero-order valence-corrected chi connectivity index (χ0v) is 12.3. The van der Waals surface area contributed by atoms with Crippen LogP contribution in [0.1, 0.15) is 25.1 Å². The quantitative estimate of drug-likeness (QED) is 0.663. The van der Waals surface area contributed by atoms with Crippen LogP contribution in [0.5, 0.6) is 0 Å². The molecule has 0 saturated heterocycles. The van der Waals surface area contributed by atoms with E-state index in [0.29, 0.717) is 5.69 Å². The van der Waals surface area contributed by atoms with Crippen molar-refractivity contribution in [1.82, 2.24) is 14.5 Å². The summed E-state index contributed by atoms with van der Waals surface area (Å²) in [4.78, 5) is 12.1. The second-order valence-corrected chi connectivity index (χ2v) is 5.06. The molecule has 1 unspecified atom stereocenters. The van der Waals surface area contributed by atoms with Crippen LogP contribution in [0.3, 0.4) is 0 Å². The second kappa shape index (κ2) is 6.23. The monoisotopic (exact) mass is 288 g/mol. The molecule has 0 radical (unpaired) electrons. The summed E-state index contributed by atoms with van der Waals surface area (Å²) in [5.41, 5.74) is 3.81. The summed E-state index contributed by atoms with van der Waals surface area (Å²) in [5.74, 6) is 0. The Labute approximate surface area is 129 Å². The Morgan fingerprint density at radius 1 is 1.14 bits per heavy atom. The Balaban J connectivity index is 1.87. The van der Waals surface area contributed by atoms with Gasteiger partial charge in [-0.1, -0.05) is 37.3 Å². The minimum absolute atomic E-state index is 0.209. The van der Waals surface area contributed by atoms with Crippen molar-refractivity contribution in [3.8, 4) is 11.1 Å². The van der Waals surface area contributed by atoms with Crippen LogP contribution >= 0.6 is 0 Å². The Bertz CT molecular complexity index is 765. The fourth-order valence-electron chi connectivity index (χ4n) is 2.53. The molecule has 4 nitrogen and oxygen atoms in total. The van der Waals surface area contributed by atoms with E-state index >= 15 is 0 Å². The minimum Gasteiger partial charge on any atom is -0.328 e. The smallest absolute Gasteiger partial charge is 0.187 e. The highest BCUT2D eigenvalue weighted by Gasteiger charge is 2.12. The summed E-state index contributed by atoms with van der Waals surface area (Å²) in [6.45, 7) is 9.13. The average molecular weight is 288 g/mol. The summed E-state index contributed by atoms with van der Waals surface area (Å²) in [6, 6.07) is 11.9. The SMILES string of the molecule is [C-]#[N+]c1ccc(-c2ccc(C(CC)n3ccnc3)nc2)cc1. The van der Waals surface area contributed by atoms with Crippen LogP contribution in [-0.2, 0) is 0 Å². The van der Waals surface area contributed by atoms with Crippen LogP contribution in [0, 0.1) is 6.57 Å². The molecule has 0 amide bonds. The minimum atomic E-state index is 0.209. The Kier molecular flexibility index (Phi) is 3.97. The lowest BCUT2D eigenvalue weighted by molar-refractivity contribution is 0.551. The van der Waals surface area contributed by atoms with Gasteiger partial charge in [-0.15, -0.1) is 0 Å². The fourth-order valence-corrected chi connectivity index (χ4v) is 2.53. The van der Waals surface area contributed by atoms with Crippen LogP contribution in [-0.4, -0.2) is 14.5 Å². The van der Waals surface area contributed by atoms with Gasteiger partial charge in [0.05, 0.1) is 24.6 Å². The van der Waals surface area contributed by atoms with E-state index in [1.807, 2.05) is 43.0 Å². The van der Waals surface area contributed by atoms with E-state index < -0.39 is 0 Å². The molecule has 0 aliphatic heterocycles. The van der Waals surface area contributed by atoms with Gasteiger partial charge in [-0.25, -0.2) is 9.83 Å². The van der Waals surface area contributed by atoms with Gasteiger partial charge < -0.3 is 4.57 Å². The van der Waals surface area contributed by atoms with E-state index in [4.69, 9.17) is 6.57 Å². The summed E-state index contributed by atoms with van der Waals surface area (Å²) in [6.07, 6.45) is 8.43. The predicted molar refractivity (Wildman–Crippen MR) is 86.6 cm³/mol. The van der Waals surface area contributed by atoms with Crippen LogP contribution in [0.25, 0.3) is 16.0 Å². The number of imidazole rings is 1. The van der Waals surface area contributed by atoms with Crippen LogP contribution in [0.15, 0.2) is 61.3 Å². The Hall–Kier alpha value is -2.93. The predicted octanol–water partition coefficient (Wildman–Crippen LogP) is 4.50. The fraction of sp³-hybridized carbons (Fsp3) is 0.167. The molecule has 1 aromatic carbocycles. The normalized spacial score (nSPS) is 11.8. The lowest BCUT2D eigenvalue weighted by Crippen LogP contribution is -2.09. The van der Waals surface area contributed by atoms with E-state index in [1.165, 1.54) is 0 Å². The molecule has 1 atom stereocenters. The van der Waals surface area contributed by atoms with Crippen LogP contribution < -0.4 is 0 Å². The topological polar surface area (TPSA) is 35.1 Å². The maximum Gasteiger partial charge on any atom is 0.187 e. The second-order valence-electron chi connectivity index (χ2n) is 5.06. The largest absolute Gasteiger partial charge is 0.328 e. The first kappa shape index (κ1) is 14.0. The van der Waals surface area contributed by atoms with Gasteiger partial charge in [-0.2, -0.15) is 0 Å². The summed E-state index contributed by atoms with van der Waals surface area (Å²) < 4.78 is 2.08. The van der Waals surface area contributed by atoms with Crippen molar-refractivity contribution in [2.75, 3.05) is 0 Å². The molecule has 22 heavy (non-hydrogen) atoms. The lowest BCUT2D eigenvalue weighted by Gasteiger charge is -2.16. The van der Waals surface area contributed by atoms with E-state index in [0.717, 1.165) is 23.2 Å². The number of pyridine rings is 1. The van der Waals surface area contributed by atoms with Crippen LogP contribution in [0.4, 0.5) is 5.69 Å². The molecular weight excluding hydrogens is 272 g/mol. The van der Waals surface area contributed by atoms with Gasteiger partial charge >= 0.3 is 0 Å². The highest BCUT2D eigenvalue weighted by molar-refractivity contribution is 5.65. The molecule has 0 N–H and O–H groups in total. The highest BCUT2D eigenvalue weighted by Crippen LogP contribution is 2.25. The van der Waals surface area contributed by atoms with Crippen molar-refractivity contribution in [2.45, 2.75) is 19.4 Å². The number of hydrogen-bond donors (Lipinski definition) is 0. The summed E-state index contributed by atoms with van der Waals surface area (Å²) in [7, 11) is 0. The van der Waals surface area contributed by atoms with Crippen molar-refractivity contribution in [3.63, 3.8) is 0 Å². The van der Waals surface area contributed by atoms with Crippen molar-refractivity contribution in [1.29, 1.82) is 0 Å². The van der Waals surface area contributed by atoms with Gasteiger partial charge in [0, 0.05) is 18.6 Å². The summed E-state index contributed by atoms with van der Waals surface area (Å²) >= 11 is 0. The zero-order valence-electron chi connectivity index (χ0n) is 12.3. The zero-order chi connectivity index (χ0) is 15.4. The molecule has 0 aliphatic carbocycles. The van der Waals surface area contributed by atoms with E-state index in [1.54, 1.807) is 6.20 Å². The maximum absolute atomic E-state index is 6.99. The number of rotatable bonds is 4. The molecule has 4 heteroatoms. The van der Waals surface area contributed by atoms with Gasteiger partial charge in [0.2, 0.25) is 0 Å². The van der Waals surface area contributed by atoms with Gasteiger partial charge in [0.25, 0.3) is 0 Å². The van der Waals surface area contributed by atoms with Gasteiger partial charge in [0.15, 0.2) is 5.69 Å². The number of nitrogens with zero attached hydrogens (tertiary/aromatic N) is 4. The van der Waals surface area contributed by atoms with Crippen molar-refractivity contribution in [3.05, 3.63) is 78.4 Å². The van der Waals surface area contributed by atoms with Gasteiger partial charge in [-0.3, -0.25) is 4.98 Å². The molecule has 2 aromatic heterocycles. The molecule has 108 valence electrons. The van der Waals surface area contributed by atoms with Crippen LogP contribution in [0.2, 0.25) is 0 Å². The molecule has 3 aromatic rings. The van der Waals surface area contributed by atoms with Gasteiger partial charge in [0.1, 0.15) is 0 Å². The van der Waals surface area contributed by atoms with E-state index in [-0.39, 0.29) is 6.04 Å². The highest BCUT2D eigenvalue weighted by atomic mass is 15.1. The number of benzene rings is 1. The first-order valence-corrected chi connectivity index (χ1v) is 7.23. The molecule has 0 fully saturated rings. The standard InChI is InChI=1S/C18H16N4/c1-3-18(22-11-10-20-13-22)17-9-6-15(12-21-17)14-4-7-16(19-2)8-5-14/h4-13,18H,3H2,1H3. The molecule has 3 rings (SSSR count). The Morgan fingerprint density at radius 3 is 2.45 bits per heavy atom. The molecular formula is C18H16N4. The lowest BCUT2D eigenvalue weighted by atomic mass is 10.0.